The number of carbonyl (C=O) groups is 1. The number of amides is 1. The van der Waals surface area contributed by atoms with Gasteiger partial charge < -0.3 is 25.3 Å². The van der Waals surface area contributed by atoms with E-state index < -0.39 is 0 Å². The van der Waals surface area contributed by atoms with Crippen LogP contribution in [0.4, 0.5) is 0 Å². The van der Waals surface area contributed by atoms with Gasteiger partial charge in [-0.15, -0.1) is 24.0 Å². The lowest BCUT2D eigenvalue weighted by atomic mass is 9.88. The van der Waals surface area contributed by atoms with Crippen molar-refractivity contribution in [3.63, 3.8) is 0 Å². The van der Waals surface area contributed by atoms with Crippen molar-refractivity contribution in [2.24, 2.45) is 16.8 Å². The highest BCUT2D eigenvalue weighted by atomic mass is 127. The number of aliphatic imine (C=N–C) groups is 1. The maximum atomic E-state index is 12.8. The number of hydrogen-bond donors (Lipinski definition) is 2. The average molecular weight is 535 g/mol. The Morgan fingerprint density at radius 3 is 2.43 bits per heavy atom. The number of nitrogens with zero attached hydrogens (tertiary/aromatic N) is 4. The third-order valence-corrected chi connectivity index (χ3v) is 6.80. The van der Waals surface area contributed by atoms with Gasteiger partial charge in [0.25, 0.3) is 0 Å². The molecule has 8 heteroatoms. The lowest BCUT2D eigenvalue weighted by Gasteiger charge is -2.34. The number of likely N-dealkylation sites (N-methyl/N-ethyl adjacent to an activating group) is 1. The zero-order chi connectivity index (χ0) is 20.6. The highest BCUT2D eigenvalue weighted by Gasteiger charge is 2.31. The molecule has 1 aliphatic carbocycles. The number of nitrogens with one attached hydrogen (secondary N) is 2. The molecule has 0 bridgehead atoms. The number of hydrogen-bond acceptors (Lipinski definition) is 4. The van der Waals surface area contributed by atoms with Crippen LogP contribution >= 0.6 is 24.0 Å². The van der Waals surface area contributed by atoms with E-state index in [1.165, 1.54) is 45.4 Å². The molecule has 0 radical (unpaired) electrons. The maximum Gasteiger partial charge on any atom is 0.225 e. The molecule has 30 heavy (non-hydrogen) atoms. The van der Waals surface area contributed by atoms with Crippen molar-refractivity contribution in [3.8, 4) is 0 Å². The van der Waals surface area contributed by atoms with Crippen LogP contribution in [-0.4, -0.2) is 99.1 Å². The Balaban J connectivity index is 0.00000320. The fourth-order valence-corrected chi connectivity index (χ4v) is 4.88. The van der Waals surface area contributed by atoms with Crippen molar-refractivity contribution in [1.29, 1.82) is 0 Å². The van der Waals surface area contributed by atoms with Gasteiger partial charge in [0.15, 0.2) is 5.96 Å². The number of halogens is 1. The summed E-state index contributed by atoms with van der Waals surface area (Å²) in [5.41, 5.74) is 0. The predicted molar refractivity (Wildman–Crippen MR) is 135 cm³/mol. The number of rotatable bonds is 6. The summed E-state index contributed by atoms with van der Waals surface area (Å²) >= 11 is 0. The van der Waals surface area contributed by atoms with Crippen LogP contribution in [0.3, 0.4) is 0 Å². The average Bonchev–Trinajstić information content (AvgIpc) is 3.21. The molecular weight excluding hydrogens is 491 g/mol. The van der Waals surface area contributed by atoms with E-state index >= 15 is 0 Å². The van der Waals surface area contributed by atoms with Crippen LogP contribution in [-0.2, 0) is 4.79 Å². The summed E-state index contributed by atoms with van der Waals surface area (Å²) < 4.78 is 0. The molecular formula is C22H43IN6O. The topological polar surface area (TPSA) is 63.2 Å². The van der Waals surface area contributed by atoms with Crippen molar-refractivity contribution in [3.05, 3.63) is 0 Å². The lowest BCUT2D eigenvalue weighted by molar-refractivity contribution is -0.135. The molecule has 0 aromatic heterocycles. The SMILES string of the molecule is CN=C(NCC(C)CN1CCN(C)CC1)NC1CCN(C(=O)C2CCCCC2)C1.I. The standard InChI is InChI=1S/C22H42N6O.HI/c1-18(16-27-13-11-26(3)12-14-27)15-24-22(23-2)25-20-9-10-28(17-20)21(29)19-7-5-4-6-8-19;/h18-20H,4-17H2,1-3H3,(H2,23,24,25);1H. The minimum atomic E-state index is 0. The summed E-state index contributed by atoms with van der Waals surface area (Å²) in [4.78, 5) is 24.2. The zero-order valence-electron chi connectivity index (χ0n) is 19.2. The highest BCUT2D eigenvalue weighted by Crippen LogP contribution is 2.26. The molecule has 2 aliphatic heterocycles. The molecule has 2 heterocycles. The smallest absolute Gasteiger partial charge is 0.225 e. The van der Waals surface area contributed by atoms with Gasteiger partial charge in [-0.3, -0.25) is 9.79 Å². The van der Waals surface area contributed by atoms with Crippen LogP contribution in [0.25, 0.3) is 0 Å². The fourth-order valence-electron chi connectivity index (χ4n) is 4.88. The third-order valence-electron chi connectivity index (χ3n) is 6.80. The molecule has 7 nitrogen and oxygen atoms in total. The van der Waals surface area contributed by atoms with Gasteiger partial charge in [-0.05, 0) is 32.2 Å². The molecule has 2 N–H and O–H groups in total. The number of carbonyl (C=O) groups excluding carboxylic acids is 1. The van der Waals surface area contributed by atoms with Gasteiger partial charge >= 0.3 is 0 Å². The van der Waals surface area contributed by atoms with E-state index in [2.05, 4.69) is 44.3 Å². The minimum Gasteiger partial charge on any atom is -0.356 e. The molecule has 3 rings (SSSR count). The van der Waals surface area contributed by atoms with Gasteiger partial charge in [0.2, 0.25) is 5.91 Å². The Hall–Kier alpha value is -0.610. The summed E-state index contributed by atoms with van der Waals surface area (Å²) in [6, 6.07) is 0.307. The van der Waals surface area contributed by atoms with E-state index in [0.717, 1.165) is 51.4 Å². The first-order chi connectivity index (χ1) is 14.0. The maximum absolute atomic E-state index is 12.8. The molecule has 1 amide bonds. The minimum absolute atomic E-state index is 0. The summed E-state index contributed by atoms with van der Waals surface area (Å²) in [5, 5.41) is 7.04. The fraction of sp³-hybridized carbons (Fsp3) is 0.909. The second-order valence-corrected chi connectivity index (χ2v) is 9.41. The predicted octanol–water partition coefficient (Wildman–Crippen LogP) is 1.83. The monoisotopic (exact) mass is 534 g/mol. The first-order valence-corrected chi connectivity index (χ1v) is 11.7. The van der Waals surface area contributed by atoms with E-state index in [9.17, 15) is 4.79 Å². The van der Waals surface area contributed by atoms with E-state index in [1.807, 2.05) is 7.05 Å². The van der Waals surface area contributed by atoms with E-state index in [4.69, 9.17) is 0 Å². The molecule has 3 aliphatic rings. The van der Waals surface area contributed by atoms with Crippen molar-refractivity contribution < 1.29 is 4.79 Å². The Labute approximate surface area is 200 Å². The second kappa shape index (κ2) is 13.1. The van der Waals surface area contributed by atoms with Crippen LogP contribution in [0.5, 0.6) is 0 Å². The number of piperazine rings is 1. The quantitative estimate of drug-likeness (QED) is 0.310. The summed E-state index contributed by atoms with van der Waals surface area (Å²) in [6.45, 7) is 10.7. The summed E-state index contributed by atoms with van der Waals surface area (Å²) in [6.07, 6.45) is 6.91. The van der Waals surface area contributed by atoms with Crippen molar-refractivity contribution >= 4 is 35.8 Å². The highest BCUT2D eigenvalue weighted by molar-refractivity contribution is 14.0. The molecule has 0 aromatic rings. The molecule has 1 saturated carbocycles. The molecule has 0 aromatic carbocycles. The summed E-state index contributed by atoms with van der Waals surface area (Å²) in [7, 11) is 4.03. The van der Waals surface area contributed by atoms with Crippen molar-refractivity contribution in [2.75, 3.05) is 66.5 Å². The molecule has 2 saturated heterocycles. The van der Waals surface area contributed by atoms with Crippen LogP contribution in [0.2, 0.25) is 0 Å². The van der Waals surface area contributed by atoms with E-state index in [0.29, 0.717) is 17.9 Å². The number of guanidine groups is 1. The van der Waals surface area contributed by atoms with Crippen LogP contribution in [0.1, 0.15) is 45.4 Å². The van der Waals surface area contributed by atoms with Crippen LogP contribution in [0, 0.1) is 11.8 Å². The van der Waals surface area contributed by atoms with Gasteiger partial charge in [-0.1, -0.05) is 26.2 Å². The first-order valence-electron chi connectivity index (χ1n) is 11.7. The molecule has 2 unspecified atom stereocenters. The molecule has 3 fully saturated rings. The zero-order valence-corrected chi connectivity index (χ0v) is 21.6. The summed E-state index contributed by atoms with van der Waals surface area (Å²) in [5.74, 6) is 2.10. The van der Waals surface area contributed by atoms with Crippen LogP contribution < -0.4 is 10.6 Å². The van der Waals surface area contributed by atoms with Gasteiger partial charge in [-0.25, -0.2) is 0 Å². The molecule has 174 valence electrons. The van der Waals surface area contributed by atoms with Gasteiger partial charge in [0, 0.05) is 71.4 Å². The Bertz CT molecular complexity index is 546. The van der Waals surface area contributed by atoms with Crippen molar-refractivity contribution in [2.45, 2.75) is 51.5 Å². The number of likely N-dealkylation sites (tertiary alicyclic amines) is 1. The van der Waals surface area contributed by atoms with Gasteiger partial charge in [0.05, 0.1) is 0 Å². The van der Waals surface area contributed by atoms with E-state index in [-0.39, 0.29) is 29.9 Å². The lowest BCUT2D eigenvalue weighted by Crippen LogP contribution is -2.49. The Morgan fingerprint density at radius 2 is 1.77 bits per heavy atom. The van der Waals surface area contributed by atoms with Gasteiger partial charge in [-0.2, -0.15) is 0 Å². The molecule has 0 spiro atoms. The van der Waals surface area contributed by atoms with Crippen LogP contribution in [0.15, 0.2) is 4.99 Å². The largest absolute Gasteiger partial charge is 0.356 e. The normalized spacial score (nSPS) is 25.6. The Kier molecular flexibility index (Phi) is 11.2. The Morgan fingerprint density at radius 1 is 1.07 bits per heavy atom. The van der Waals surface area contributed by atoms with E-state index in [1.54, 1.807) is 0 Å². The second-order valence-electron chi connectivity index (χ2n) is 9.41. The van der Waals surface area contributed by atoms with Gasteiger partial charge in [0.1, 0.15) is 0 Å². The van der Waals surface area contributed by atoms with Crippen molar-refractivity contribution in [1.82, 2.24) is 25.3 Å². The first kappa shape index (κ1) is 25.6. The third kappa shape index (κ3) is 7.82. The molecule has 2 atom stereocenters.